The third-order valence-corrected chi connectivity index (χ3v) is 6.95. The summed E-state index contributed by atoms with van der Waals surface area (Å²) in [5, 5.41) is 9.63. The second kappa shape index (κ2) is 10.0. The van der Waals surface area contributed by atoms with Crippen molar-refractivity contribution in [2.45, 2.75) is 54.9 Å². The summed E-state index contributed by atoms with van der Waals surface area (Å²) in [4.78, 5) is 25.5. The van der Waals surface area contributed by atoms with E-state index in [1.165, 1.54) is 42.3 Å². The van der Waals surface area contributed by atoms with Gasteiger partial charge in [-0.05, 0) is 51.0 Å². The number of hydrogen-bond acceptors (Lipinski definition) is 6. The molecule has 2 amide bonds. The molecule has 1 aromatic carbocycles. The van der Waals surface area contributed by atoms with Gasteiger partial charge in [0, 0.05) is 21.9 Å². The fraction of sp³-hybridized carbons (Fsp3) is 0.450. The molecule has 1 fully saturated rings. The van der Waals surface area contributed by atoms with Crippen LogP contribution in [0, 0.1) is 6.92 Å². The zero-order valence-electron chi connectivity index (χ0n) is 16.1. The van der Waals surface area contributed by atoms with Crippen LogP contribution in [0.5, 0.6) is 0 Å². The monoisotopic (exact) mass is 419 g/mol. The van der Waals surface area contributed by atoms with Crippen molar-refractivity contribution in [3.05, 3.63) is 36.1 Å². The standard InChI is InChI=1S/C20H25N3O3S2/c1-13-11-18(23-26-13)22-20(25)14(2)27-12-19(24)21-15-7-9-17(10-8-15)28-16-5-3-4-6-16/h7-11,14,16H,3-6,12H2,1-2H3,(H,21,24)(H,22,23,25). The van der Waals surface area contributed by atoms with Crippen molar-refractivity contribution in [2.75, 3.05) is 16.4 Å². The van der Waals surface area contributed by atoms with E-state index in [4.69, 9.17) is 4.52 Å². The molecule has 0 bridgehead atoms. The van der Waals surface area contributed by atoms with Gasteiger partial charge in [0.2, 0.25) is 11.8 Å². The number of nitrogens with zero attached hydrogens (tertiary/aromatic N) is 1. The number of thioether (sulfide) groups is 2. The smallest absolute Gasteiger partial charge is 0.238 e. The number of carbonyl (C=O) groups is 2. The Morgan fingerprint density at radius 3 is 2.57 bits per heavy atom. The summed E-state index contributed by atoms with van der Waals surface area (Å²) in [7, 11) is 0. The van der Waals surface area contributed by atoms with Gasteiger partial charge in [-0.1, -0.05) is 18.0 Å². The van der Waals surface area contributed by atoms with Crippen LogP contribution in [0.2, 0.25) is 0 Å². The van der Waals surface area contributed by atoms with Gasteiger partial charge in [0.15, 0.2) is 5.82 Å². The van der Waals surface area contributed by atoms with Crippen LogP contribution < -0.4 is 10.6 Å². The first-order chi connectivity index (χ1) is 13.5. The molecular weight excluding hydrogens is 394 g/mol. The van der Waals surface area contributed by atoms with Gasteiger partial charge in [-0.15, -0.1) is 23.5 Å². The predicted molar refractivity (Wildman–Crippen MR) is 115 cm³/mol. The van der Waals surface area contributed by atoms with Gasteiger partial charge in [-0.3, -0.25) is 9.59 Å². The maximum absolute atomic E-state index is 12.2. The lowest BCUT2D eigenvalue weighted by Gasteiger charge is -2.11. The molecule has 0 spiro atoms. The highest BCUT2D eigenvalue weighted by atomic mass is 32.2. The highest BCUT2D eigenvalue weighted by Gasteiger charge is 2.18. The number of rotatable bonds is 8. The van der Waals surface area contributed by atoms with E-state index in [0.717, 1.165) is 10.9 Å². The first-order valence-electron chi connectivity index (χ1n) is 9.42. The van der Waals surface area contributed by atoms with Gasteiger partial charge < -0.3 is 15.2 Å². The van der Waals surface area contributed by atoms with E-state index < -0.39 is 0 Å². The van der Waals surface area contributed by atoms with Gasteiger partial charge in [0.25, 0.3) is 0 Å². The van der Waals surface area contributed by atoms with Crippen LogP contribution in [-0.2, 0) is 9.59 Å². The molecule has 1 saturated carbocycles. The van der Waals surface area contributed by atoms with Crippen molar-refractivity contribution in [2.24, 2.45) is 0 Å². The summed E-state index contributed by atoms with van der Waals surface area (Å²) >= 11 is 3.20. The number of amides is 2. The average Bonchev–Trinajstić information content (AvgIpc) is 3.33. The maximum atomic E-state index is 12.2. The molecule has 28 heavy (non-hydrogen) atoms. The fourth-order valence-electron chi connectivity index (χ4n) is 2.94. The topological polar surface area (TPSA) is 84.2 Å². The van der Waals surface area contributed by atoms with E-state index in [-0.39, 0.29) is 22.8 Å². The largest absolute Gasteiger partial charge is 0.360 e. The van der Waals surface area contributed by atoms with Crippen LogP contribution in [0.25, 0.3) is 0 Å². The quantitative estimate of drug-likeness (QED) is 0.644. The SMILES string of the molecule is Cc1cc(NC(=O)C(C)SCC(=O)Nc2ccc(SC3CCCC3)cc2)no1. The Morgan fingerprint density at radius 1 is 1.21 bits per heavy atom. The summed E-state index contributed by atoms with van der Waals surface area (Å²) in [6.45, 7) is 3.51. The molecule has 8 heteroatoms. The Labute approximate surface area is 173 Å². The first kappa shape index (κ1) is 20.8. The molecule has 150 valence electrons. The van der Waals surface area contributed by atoms with E-state index in [9.17, 15) is 9.59 Å². The molecule has 3 rings (SSSR count). The van der Waals surface area contributed by atoms with Crippen LogP contribution in [0.4, 0.5) is 11.5 Å². The number of aromatic nitrogens is 1. The molecule has 1 aliphatic carbocycles. The maximum Gasteiger partial charge on any atom is 0.238 e. The van der Waals surface area contributed by atoms with Gasteiger partial charge >= 0.3 is 0 Å². The van der Waals surface area contributed by atoms with E-state index in [1.54, 1.807) is 19.9 Å². The predicted octanol–water partition coefficient (Wildman–Crippen LogP) is 4.72. The molecule has 0 aliphatic heterocycles. The van der Waals surface area contributed by atoms with Gasteiger partial charge in [-0.2, -0.15) is 0 Å². The van der Waals surface area contributed by atoms with Crippen LogP contribution in [-0.4, -0.2) is 33.2 Å². The summed E-state index contributed by atoms with van der Waals surface area (Å²) in [5.74, 6) is 0.875. The lowest BCUT2D eigenvalue weighted by atomic mass is 10.3. The van der Waals surface area contributed by atoms with Crippen molar-refractivity contribution in [1.29, 1.82) is 0 Å². The number of nitrogens with one attached hydrogen (secondary N) is 2. The van der Waals surface area contributed by atoms with E-state index in [2.05, 4.69) is 27.9 Å². The Morgan fingerprint density at radius 2 is 1.93 bits per heavy atom. The fourth-order valence-corrected chi connectivity index (χ4v) is 4.87. The zero-order chi connectivity index (χ0) is 19.9. The molecule has 2 N–H and O–H groups in total. The average molecular weight is 420 g/mol. The highest BCUT2D eigenvalue weighted by molar-refractivity contribution is 8.01. The third kappa shape index (κ3) is 6.31. The van der Waals surface area contributed by atoms with Gasteiger partial charge in [0.05, 0.1) is 11.0 Å². The molecule has 0 radical (unpaired) electrons. The first-order valence-corrected chi connectivity index (χ1v) is 11.3. The summed E-state index contributed by atoms with van der Waals surface area (Å²) in [5.41, 5.74) is 0.775. The number of carbonyl (C=O) groups excluding carboxylic acids is 2. The molecule has 6 nitrogen and oxygen atoms in total. The lowest BCUT2D eigenvalue weighted by Crippen LogP contribution is -2.25. The summed E-state index contributed by atoms with van der Waals surface area (Å²) in [6, 6.07) is 9.63. The van der Waals surface area contributed by atoms with Crippen LogP contribution >= 0.6 is 23.5 Å². The van der Waals surface area contributed by atoms with Gasteiger partial charge in [-0.25, -0.2) is 0 Å². The molecule has 1 heterocycles. The molecule has 1 aliphatic rings. The Balaban J connectivity index is 1.40. The minimum atomic E-state index is -0.382. The molecule has 0 saturated heterocycles. The molecule has 1 atom stereocenters. The van der Waals surface area contributed by atoms with Crippen molar-refractivity contribution in [3.8, 4) is 0 Å². The molecular formula is C20H25N3O3S2. The molecule has 2 aromatic rings. The van der Waals surface area contributed by atoms with Crippen LogP contribution in [0.1, 0.15) is 38.4 Å². The minimum Gasteiger partial charge on any atom is -0.360 e. The van der Waals surface area contributed by atoms with Crippen LogP contribution in [0.15, 0.2) is 39.8 Å². The van der Waals surface area contributed by atoms with E-state index in [0.29, 0.717) is 11.6 Å². The Kier molecular flexibility index (Phi) is 7.44. The number of hydrogen-bond donors (Lipinski definition) is 2. The lowest BCUT2D eigenvalue weighted by molar-refractivity contribution is -0.115. The normalized spacial score (nSPS) is 15.4. The minimum absolute atomic E-state index is 0.127. The van der Waals surface area contributed by atoms with Gasteiger partial charge in [0.1, 0.15) is 5.76 Å². The van der Waals surface area contributed by atoms with Crippen molar-refractivity contribution < 1.29 is 14.1 Å². The Bertz CT molecular complexity index is 801. The van der Waals surface area contributed by atoms with E-state index >= 15 is 0 Å². The zero-order valence-corrected chi connectivity index (χ0v) is 17.7. The van der Waals surface area contributed by atoms with Crippen molar-refractivity contribution in [3.63, 3.8) is 0 Å². The number of aryl methyl sites for hydroxylation is 1. The van der Waals surface area contributed by atoms with Crippen LogP contribution in [0.3, 0.4) is 0 Å². The third-order valence-electron chi connectivity index (χ3n) is 4.46. The van der Waals surface area contributed by atoms with Crippen molar-refractivity contribution >= 4 is 46.8 Å². The highest BCUT2D eigenvalue weighted by Crippen LogP contribution is 2.34. The summed E-state index contributed by atoms with van der Waals surface area (Å²) < 4.78 is 4.92. The van der Waals surface area contributed by atoms with Crippen molar-refractivity contribution in [1.82, 2.24) is 5.16 Å². The number of anilines is 2. The van der Waals surface area contributed by atoms with E-state index in [1.807, 2.05) is 23.9 Å². The molecule has 1 aromatic heterocycles. The second-order valence-corrected chi connectivity index (χ2v) is 9.57. The molecule has 1 unspecified atom stereocenters. The summed E-state index contributed by atoms with van der Waals surface area (Å²) in [6.07, 6.45) is 5.25. The Hall–Kier alpha value is -1.93. The number of benzene rings is 1. The second-order valence-electron chi connectivity index (χ2n) is 6.86.